The number of amides is 1. The average molecular weight is 441 g/mol. The Morgan fingerprint density at radius 3 is 2.30 bits per heavy atom. The van der Waals surface area contributed by atoms with Crippen LogP contribution in [-0.2, 0) is 21.0 Å². The highest BCUT2D eigenvalue weighted by atomic mass is 35.5. The highest BCUT2D eigenvalue weighted by Gasteiger charge is 2.34. The van der Waals surface area contributed by atoms with Crippen molar-refractivity contribution in [2.75, 3.05) is 22.4 Å². The summed E-state index contributed by atoms with van der Waals surface area (Å²) in [5.74, 6) is -0.965. The Labute approximate surface area is 163 Å². The zero-order chi connectivity index (χ0) is 20.4. The molecule has 0 unspecified atom stereocenters. The fourth-order valence-electron chi connectivity index (χ4n) is 2.21. The third kappa shape index (κ3) is 5.75. The van der Waals surface area contributed by atoms with E-state index in [4.69, 9.17) is 23.2 Å². The smallest absolute Gasteiger partial charge is 0.324 e. The summed E-state index contributed by atoms with van der Waals surface area (Å²) in [5, 5.41) is 2.15. The third-order valence-corrected chi connectivity index (χ3v) is 4.96. The van der Waals surface area contributed by atoms with Gasteiger partial charge in [0.15, 0.2) is 0 Å². The monoisotopic (exact) mass is 440 g/mol. The number of rotatable bonds is 5. The summed E-state index contributed by atoms with van der Waals surface area (Å²) >= 11 is 11.4. The van der Waals surface area contributed by atoms with Crippen LogP contribution in [0.2, 0.25) is 10.0 Å². The second-order valence-corrected chi connectivity index (χ2v) is 8.27. The van der Waals surface area contributed by atoms with Gasteiger partial charge in [-0.25, -0.2) is 8.42 Å². The highest BCUT2D eigenvalue weighted by Crippen LogP contribution is 2.36. The van der Waals surface area contributed by atoms with E-state index >= 15 is 0 Å². The molecule has 2 aromatic rings. The van der Waals surface area contributed by atoms with Gasteiger partial charge in [0, 0.05) is 10.0 Å². The quantitative estimate of drug-likeness (QED) is 0.748. The van der Waals surface area contributed by atoms with Crippen molar-refractivity contribution < 1.29 is 26.4 Å². The van der Waals surface area contributed by atoms with Gasteiger partial charge >= 0.3 is 6.18 Å². The van der Waals surface area contributed by atoms with E-state index in [0.29, 0.717) is 6.07 Å². The minimum Gasteiger partial charge on any atom is -0.324 e. The molecular formula is C16H13Cl2F3N2O3S. The number of hydrogen-bond donors (Lipinski definition) is 1. The molecule has 0 aliphatic heterocycles. The van der Waals surface area contributed by atoms with Crippen molar-refractivity contribution in [1.29, 1.82) is 0 Å². The van der Waals surface area contributed by atoms with E-state index in [0.717, 1.165) is 16.6 Å². The van der Waals surface area contributed by atoms with Gasteiger partial charge in [0.05, 0.1) is 23.2 Å². The molecule has 0 saturated carbocycles. The molecule has 1 N–H and O–H groups in total. The lowest BCUT2D eigenvalue weighted by Gasteiger charge is -2.22. The van der Waals surface area contributed by atoms with Crippen LogP contribution in [0.4, 0.5) is 24.5 Å². The molecule has 146 valence electrons. The maximum Gasteiger partial charge on any atom is 0.418 e. The van der Waals surface area contributed by atoms with Crippen molar-refractivity contribution in [1.82, 2.24) is 0 Å². The molecule has 0 fully saturated rings. The Kier molecular flexibility index (Phi) is 6.28. The van der Waals surface area contributed by atoms with Gasteiger partial charge in [-0.2, -0.15) is 13.2 Å². The lowest BCUT2D eigenvalue weighted by molar-refractivity contribution is -0.137. The number of anilines is 2. The highest BCUT2D eigenvalue weighted by molar-refractivity contribution is 7.92. The van der Waals surface area contributed by atoms with Gasteiger partial charge in [0.25, 0.3) is 0 Å². The molecule has 5 nitrogen and oxygen atoms in total. The van der Waals surface area contributed by atoms with Gasteiger partial charge in [-0.1, -0.05) is 29.3 Å². The van der Waals surface area contributed by atoms with Crippen molar-refractivity contribution in [3.05, 3.63) is 58.1 Å². The summed E-state index contributed by atoms with van der Waals surface area (Å²) < 4.78 is 64.1. The first-order valence-corrected chi connectivity index (χ1v) is 9.88. The summed E-state index contributed by atoms with van der Waals surface area (Å²) in [7, 11) is -3.90. The lowest BCUT2D eigenvalue weighted by atomic mass is 10.1. The SMILES string of the molecule is CS(=O)(=O)N(CC(=O)Nc1ccc(Cl)cc1C(F)(F)F)c1cccc(Cl)c1. The Hall–Kier alpha value is -1.97. The van der Waals surface area contributed by atoms with Crippen LogP contribution in [0.15, 0.2) is 42.5 Å². The van der Waals surface area contributed by atoms with E-state index in [1.165, 1.54) is 30.3 Å². The zero-order valence-electron chi connectivity index (χ0n) is 13.7. The number of alkyl halides is 3. The molecule has 2 rings (SSSR count). The fourth-order valence-corrected chi connectivity index (χ4v) is 3.42. The van der Waals surface area contributed by atoms with Gasteiger partial charge in [0.2, 0.25) is 15.9 Å². The van der Waals surface area contributed by atoms with E-state index in [-0.39, 0.29) is 15.7 Å². The van der Waals surface area contributed by atoms with E-state index in [1.807, 2.05) is 0 Å². The van der Waals surface area contributed by atoms with Crippen LogP contribution in [0.25, 0.3) is 0 Å². The third-order valence-electron chi connectivity index (χ3n) is 3.34. The van der Waals surface area contributed by atoms with Gasteiger partial charge < -0.3 is 5.32 Å². The molecule has 0 aliphatic carbocycles. The molecule has 0 aromatic heterocycles. The molecule has 11 heteroatoms. The molecule has 0 bridgehead atoms. The number of nitrogens with zero attached hydrogens (tertiary/aromatic N) is 1. The van der Waals surface area contributed by atoms with Crippen LogP contribution in [0.5, 0.6) is 0 Å². The van der Waals surface area contributed by atoms with Crippen LogP contribution >= 0.6 is 23.2 Å². The first-order chi connectivity index (χ1) is 12.4. The summed E-state index contributed by atoms with van der Waals surface area (Å²) in [6, 6.07) is 8.56. The Balaban J connectivity index is 2.30. The van der Waals surface area contributed by atoms with Crippen molar-refractivity contribution >= 4 is 50.5 Å². The number of sulfonamides is 1. The first kappa shape index (κ1) is 21.3. The van der Waals surface area contributed by atoms with Gasteiger partial charge in [0.1, 0.15) is 6.54 Å². The zero-order valence-corrected chi connectivity index (χ0v) is 16.0. The van der Waals surface area contributed by atoms with Gasteiger partial charge in [-0.15, -0.1) is 0 Å². The van der Waals surface area contributed by atoms with Crippen molar-refractivity contribution in [2.24, 2.45) is 0 Å². The number of carbonyl (C=O) groups excluding carboxylic acids is 1. The second kappa shape index (κ2) is 7.95. The molecule has 0 atom stereocenters. The second-order valence-electron chi connectivity index (χ2n) is 5.49. The summed E-state index contributed by atoms with van der Waals surface area (Å²) in [6.07, 6.45) is -3.89. The van der Waals surface area contributed by atoms with Crippen LogP contribution in [0, 0.1) is 0 Å². The Morgan fingerprint density at radius 1 is 1.11 bits per heavy atom. The lowest BCUT2D eigenvalue weighted by Crippen LogP contribution is -2.37. The topological polar surface area (TPSA) is 66.5 Å². The molecule has 0 radical (unpaired) electrons. The van der Waals surface area contributed by atoms with Crippen molar-refractivity contribution in [3.63, 3.8) is 0 Å². The molecular weight excluding hydrogens is 428 g/mol. The van der Waals surface area contributed by atoms with E-state index in [1.54, 1.807) is 0 Å². The fraction of sp³-hybridized carbons (Fsp3) is 0.188. The molecule has 0 heterocycles. The van der Waals surface area contributed by atoms with Crippen LogP contribution < -0.4 is 9.62 Å². The Bertz CT molecular complexity index is 966. The number of hydrogen-bond acceptors (Lipinski definition) is 3. The van der Waals surface area contributed by atoms with Crippen LogP contribution in [-0.4, -0.2) is 27.1 Å². The number of nitrogens with one attached hydrogen (secondary N) is 1. The number of carbonyl (C=O) groups is 1. The van der Waals surface area contributed by atoms with Crippen molar-refractivity contribution in [2.45, 2.75) is 6.18 Å². The normalized spacial score (nSPS) is 11.9. The van der Waals surface area contributed by atoms with Gasteiger partial charge in [-0.05, 0) is 36.4 Å². The van der Waals surface area contributed by atoms with E-state index in [2.05, 4.69) is 5.32 Å². The maximum atomic E-state index is 13.1. The maximum absolute atomic E-state index is 13.1. The molecule has 0 aliphatic rings. The summed E-state index contributed by atoms with van der Waals surface area (Å²) in [4.78, 5) is 12.2. The minimum absolute atomic E-state index is 0.104. The average Bonchev–Trinajstić information content (AvgIpc) is 2.52. The number of benzene rings is 2. The number of halogens is 5. The van der Waals surface area contributed by atoms with Gasteiger partial charge in [-0.3, -0.25) is 9.10 Å². The predicted octanol–water partition coefficient (Wildman–Crippen LogP) is 4.42. The summed E-state index contributed by atoms with van der Waals surface area (Å²) in [6.45, 7) is -0.737. The summed E-state index contributed by atoms with van der Waals surface area (Å²) in [5.41, 5.74) is -1.57. The van der Waals surface area contributed by atoms with E-state index in [9.17, 15) is 26.4 Å². The largest absolute Gasteiger partial charge is 0.418 e. The van der Waals surface area contributed by atoms with Crippen LogP contribution in [0.3, 0.4) is 0 Å². The standard InChI is InChI=1S/C16H13Cl2F3N2O3S/c1-27(25,26)23(12-4-2-3-10(17)7-12)9-15(24)22-14-6-5-11(18)8-13(14)16(19,20)21/h2-8H,9H2,1H3,(H,22,24). The van der Waals surface area contributed by atoms with E-state index < -0.39 is 39.9 Å². The predicted molar refractivity (Wildman–Crippen MR) is 98.7 cm³/mol. The van der Waals surface area contributed by atoms with Crippen LogP contribution in [0.1, 0.15) is 5.56 Å². The Morgan fingerprint density at radius 2 is 1.74 bits per heavy atom. The minimum atomic E-state index is -4.75. The first-order valence-electron chi connectivity index (χ1n) is 7.28. The van der Waals surface area contributed by atoms with Crippen molar-refractivity contribution in [3.8, 4) is 0 Å². The molecule has 0 saturated heterocycles. The molecule has 27 heavy (non-hydrogen) atoms. The molecule has 1 amide bonds. The molecule has 0 spiro atoms. The molecule has 2 aromatic carbocycles.